The zero-order valence-corrected chi connectivity index (χ0v) is 16.8. The first-order valence-corrected chi connectivity index (χ1v) is 9.40. The number of nitrogens with one attached hydrogen (secondary N) is 1. The molecule has 28 heavy (non-hydrogen) atoms. The Morgan fingerprint density at radius 1 is 1.21 bits per heavy atom. The smallest absolute Gasteiger partial charge is 0.240 e. The molecule has 0 radical (unpaired) electrons. The van der Waals surface area contributed by atoms with Crippen LogP contribution in [0.3, 0.4) is 0 Å². The maximum atomic E-state index is 12.7. The van der Waals surface area contributed by atoms with Gasteiger partial charge in [0.2, 0.25) is 17.7 Å². The Kier molecular flexibility index (Phi) is 5.49. The Morgan fingerprint density at radius 2 is 1.89 bits per heavy atom. The minimum Gasteiger partial charge on any atom is -0.486 e. The summed E-state index contributed by atoms with van der Waals surface area (Å²) >= 11 is 0. The molecule has 3 rings (SSSR count). The van der Waals surface area contributed by atoms with E-state index in [1.807, 2.05) is 20.8 Å². The summed E-state index contributed by atoms with van der Waals surface area (Å²) < 4.78 is 11.1. The van der Waals surface area contributed by atoms with E-state index in [-0.39, 0.29) is 42.8 Å². The fourth-order valence-electron chi connectivity index (χ4n) is 3.39. The van der Waals surface area contributed by atoms with Gasteiger partial charge in [-0.25, -0.2) is 0 Å². The van der Waals surface area contributed by atoms with Gasteiger partial charge in [0, 0.05) is 37.3 Å². The number of anilines is 1. The van der Waals surface area contributed by atoms with Crippen molar-refractivity contribution < 1.29 is 23.9 Å². The molecule has 1 N–H and O–H groups in total. The highest BCUT2D eigenvalue weighted by atomic mass is 16.6. The van der Waals surface area contributed by atoms with Crippen LogP contribution in [0.2, 0.25) is 0 Å². The van der Waals surface area contributed by atoms with Crippen molar-refractivity contribution in [2.45, 2.75) is 32.7 Å². The first-order valence-electron chi connectivity index (χ1n) is 9.40. The van der Waals surface area contributed by atoms with Gasteiger partial charge in [-0.3, -0.25) is 14.4 Å². The fourth-order valence-corrected chi connectivity index (χ4v) is 3.39. The molecule has 2 aliphatic rings. The van der Waals surface area contributed by atoms with Crippen molar-refractivity contribution in [1.82, 2.24) is 10.2 Å². The SMILES string of the molecule is CN(CC(=O)NC(C)(C)C)C(=O)[C@H]1CC(=O)N(c2ccc3c(c2)OCCO3)C1. The zero-order valence-electron chi connectivity index (χ0n) is 16.8. The van der Waals surface area contributed by atoms with Gasteiger partial charge in [-0.05, 0) is 32.9 Å². The lowest BCUT2D eigenvalue weighted by Crippen LogP contribution is -2.47. The van der Waals surface area contributed by atoms with Crippen molar-refractivity contribution in [3.05, 3.63) is 18.2 Å². The van der Waals surface area contributed by atoms with Gasteiger partial charge in [0.1, 0.15) is 13.2 Å². The number of benzene rings is 1. The number of rotatable bonds is 4. The Bertz CT molecular complexity index is 787. The van der Waals surface area contributed by atoms with Crippen LogP contribution in [0.25, 0.3) is 0 Å². The highest BCUT2D eigenvalue weighted by Crippen LogP contribution is 2.36. The summed E-state index contributed by atoms with van der Waals surface area (Å²) in [5.41, 5.74) is 0.317. The maximum absolute atomic E-state index is 12.7. The molecule has 8 heteroatoms. The Morgan fingerprint density at radius 3 is 2.57 bits per heavy atom. The minimum atomic E-state index is -0.479. The molecule has 1 aromatic carbocycles. The van der Waals surface area contributed by atoms with Crippen LogP contribution >= 0.6 is 0 Å². The van der Waals surface area contributed by atoms with E-state index in [1.165, 1.54) is 4.90 Å². The lowest BCUT2D eigenvalue weighted by atomic mass is 10.1. The van der Waals surface area contributed by atoms with Crippen LogP contribution in [0.1, 0.15) is 27.2 Å². The summed E-state index contributed by atoms with van der Waals surface area (Å²) in [4.78, 5) is 40.3. The van der Waals surface area contributed by atoms with Crippen LogP contribution in [-0.4, -0.2) is 61.5 Å². The molecule has 0 bridgehead atoms. The normalized spacial score (nSPS) is 18.8. The van der Waals surface area contributed by atoms with Crippen molar-refractivity contribution in [1.29, 1.82) is 0 Å². The average molecular weight is 389 g/mol. The van der Waals surface area contributed by atoms with Gasteiger partial charge in [-0.1, -0.05) is 0 Å². The second-order valence-electron chi connectivity index (χ2n) is 8.23. The first kappa shape index (κ1) is 20.0. The van der Waals surface area contributed by atoms with Gasteiger partial charge in [-0.15, -0.1) is 0 Å². The second-order valence-corrected chi connectivity index (χ2v) is 8.23. The third-order valence-electron chi connectivity index (χ3n) is 4.58. The summed E-state index contributed by atoms with van der Waals surface area (Å²) in [5.74, 6) is 0.214. The van der Waals surface area contributed by atoms with E-state index in [9.17, 15) is 14.4 Å². The standard InChI is InChI=1S/C20H27N3O5/c1-20(2,3)21-17(24)12-22(4)19(26)13-9-18(25)23(11-13)14-5-6-15-16(10-14)28-8-7-27-15/h5-6,10,13H,7-9,11-12H2,1-4H3,(H,21,24)/t13-/m0/s1. The topological polar surface area (TPSA) is 88.2 Å². The monoisotopic (exact) mass is 389 g/mol. The maximum Gasteiger partial charge on any atom is 0.240 e. The molecule has 8 nitrogen and oxygen atoms in total. The molecule has 0 unspecified atom stereocenters. The van der Waals surface area contributed by atoms with Crippen LogP contribution in [0.15, 0.2) is 18.2 Å². The molecule has 0 spiro atoms. The van der Waals surface area contributed by atoms with Gasteiger partial charge in [0.25, 0.3) is 0 Å². The van der Waals surface area contributed by atoms with E-state index in [1.54, 1.807) is 30.1 Å². The molecule has 0 saturated carbocycles. The Balaban J connectivity index is 1.63. The molecule has 1 aromatic rings. The van der Waals surface area contributed by atoms with Crippen LogP contribution in [0, 0.1) is 5.92 Å². The van der Waals surface area contributed by atoms with Crippen LogP contribution in [0.5, 0.6) is 11.5 Å². The second kappa shape index (κ2) is 7.69. The van der Waals surface area contributed by atoms with Gasteiger partial charge < -0.3 is 24.6 Å². The largest absolute Gasteiger partial charge is 0.486 e. The minimum absolute atomic E-state index is 0.0369. The number of likely N-dealkylation sites (N-methyl/N-ethyl adjacent to an activating group) is 1. The molecule has 1 fully saturated rings. The number of hydrogen-bond donors (Lipinski definition) is 1. The summed E-state index contributed by atoms with van der Waals surface area (Å²) in [6, 6.07) is 5.33. The molecule has 0 aliphatic carbocycles. The molecule has 1 atom stereocenters. The van der Waals surface area contributed by atoms with Crippen molar-refractivity contribution in [2.75, 3.05) is 38.3 Å². The molecular formula is C20H27N3O5. The zero-order chi connectivity index (χ0) is 20.5. The average Bonchev–Trinajstić information content (AvgIpc) is 3.00. The Hall–Kier alpha value is -2.77. The number of carbonyl (C=O) groups is 3. The van der Waals surface area contributed by atoms with Crippen molar-refractivity contribution in [3.8, 4) is 11.5 Å². The number of amides is 3. The van der Waals surface area contributed by atoms with E-state index in [2.05, 4.69) is 5.32 Å². The highest BCUT2D eigenvalue weighted by molar-refractivity contribution is 6.01. The lowest BCUT2D eigenvalue weighted by molar-refractivity contribution is -0.138. The van der Waals surface area contributed by atoms with Gasteiger partial charge in [-0.2, -0.15) is 0 Å². The van der Waals surface area contributed by atoms with Crippen molar-refractivity contribution in [2.24, 2.45) is 5.92 Å². The van der Waals surface area contributed by atoms with Crippen LogP contribution < -0.4 is 19.7 Å². The van der Waals surface area contributed by atoms with E-state index in [4.69, 9.17) is 9.47 Å². The number of carbonyl (C=O) groups excluding carboxylic acids is 3. The molecule has 3 amide bonds. The number of fused-ring (bicyclic) bond motifs is 1. The molecule has 2 heterocycles. The Labute approximate surface area is 164 Å². The molecular weight excluding hydrogens is 362 g/mol. The van der Waals surface area contributed by atoms with Gasteiger partial charge in [0.05, 0.1) is 12.5 Å². The molecule has 2 aliphatic heterocycles. The van der Waals surface area contributed by atoms with E-state index < -0.39 is 5.92 Å². The van der Waals surface area contributed by atoms with Gasteiger partial charge >= 0.3 is 0 Å². The first-order chi connectivity index (χ1) is 13.1. The van der Waals surface area contributed by atoms with E-state index >= 15 is 0 Å². The van der Waals surface area contributed by atoms with E-state index in [0.717, 1.165) is 0 Å². The summed E-state index contributed by atoms with van der Waals surface area (Å²) in [6.45, 7) is 6.86. The number of ether oxygens (including phenoxy) is 2. The predicted octanol–water partition coefficient (Wildman–Crippen LogP) is 1.18. The summed E-state index contributed by atoms with van der Waals surface area (Å²) in [6.07, 6.45) is 0.124. The number of nitrogens with zero attached hydrogens (tertiary/aromatic N) is 2. The van der Waals surface area contributed by atoms with Crippen LogP contribution in [-0.2, 0) is 14.4 Å². The fraction of sp³-hybridized carbons (Fsp3) is 0.550. The molecule has 0 aromatic heterocycles. The van der Waals surface area contributed by atoms with Crippen molar-refractivity contribution in [3.63, 3.8) is 0 Å². The molecule has 152 valence electrons. The van der Waals surface area contributed by atoms with Crippen LogP contribution in [0.4, 0.5) is 5.69 Å². The third-order valence-corrected chi connectivity index (χ3v) is 4.58. The predicted molar refractivity (Wildman–Crippen MR) is 103 cm³/mol. The highest BCUT2D eigenvalue weighted by Gasteiger charge is 2.37. The lowest BCUT2D eigenvalue weighted by Gasteiger charge is -2.25. The third kappa shape index (κ3) is 4.55. The molecule has 1 saturated heterocycles. The van der Waals surface area contributed by atoms with E-state index in [0.29, 0.717) is 30.4 Å². The summed E-state index contributed by atoms with van der Waals surface area (Å²) in [5, 5.41) is 2.83. The quantitative estimate of drug-likeness (QED) is 0.836. The number of hydrogen-bond acceptors (Lipinski definition) is 5. The summed E-state index contributed by atoms with van der Waals surface area (Å²) in [7, 11) is 1.59. The van der Waals surface area contributed by atoms with Crippen molar-refractivity contribution >= 4 is 23.4 Å². The van der Waals surface area contributed by atoms with Gasteiger partial charge in [0.15, 0.2) is 11.5 Å².